The van der Waals surface area contributed by atoms with Crippen LogP contribution < -0.4 is 14.4 Å². The highest BCUT2D eigenvalue weighted by molar-refractivity contribution is 7.92. The maximum absolute atomic E-state index is 14.1. The van der Waals surface area contributed by atoms with Gasteiger partial charge in [-0.05, 0) is 68.1 Å². The van der Waals surface area contributed by atoms with Gasteiger partial charge < -0.3 is 15.0 Å². The number of aryl methyl sites for hydroxylation is 1. The summed E-state index contributed by atoms with van der Waals surface area (Å²) in [6.07, 6.45) is 0.373. The number of anilines is 1. The number of ether oxygens (including phenoxy) is 1. The molecule has 0 saturated heterocycles. The van der Waals surface area contributed by atoms with E-state index in [1.807, 2.05) is 58.9 Å². The van der Waals surface area contributed by atoms with Gasteiger partial charge in [-0.3, -0.25) is 13.9 Å². The van der Waals surface area contributed by atoms with Crippen molar-refractivity contribution in [2.75, 3.05) is 24.0 Å². The second kappa shape index (κ2) is 14.7. The molecule has 3 aromatic rings. The van der Waals surface area contributed by atoms with Crippen LogP contribution in [-0.4, -0.2) is 50.9 Å². The van der Waals surface area contributed by atoms with E-state index in [-0.39, 0.29) is 23.3 Å². The molecule has 8 nitrogen and oxygen atoms in total. The van der Waals surface area contributed by atoms with Crippen LogP contribution in [0.1, 0.15) is 45.2 Å². The first-order valence-corrected chi connectivity index (χ1v) is 15.4. The Morgan fingerprint density at radius 3 is 2.20 bits per heavy atom. The lowest BCUT2D eigenvalue weighted by atomic mass is 10.1. The molecule has 0 heterocycles. The summed E-state index contributed by atoms with van der Waals surface area (Å²) >= 11 is 0. The molecule has 0 spiro atoms. The number of carbonyl (C=O) groups is 2. The zero-order chi connectivity index (χ0) is 30.0. The number of nitrogens with one attached hydrogen (secondary N) is 1. The van der Waals surface area contributed by atoms with E-state index in [9.17, 15) is 18.0 Å². The lowest BCUT2D eigenvalue weighted by molar-refractivity contribution is -0.140. The monoisotopic (exact) mass is 579 g/mol. The summed E-state index contributed by atoms with van der Waals surface area (Å²) in [5.74, 6) is 0.0563. The average Bonchev–Trinajstić information content (AvgIpc) is 2.95. The number of carbonyl (C=O) groups excluding carboxylic acids is 2. The Balaban J connectivity index is 2.01. The molecule has 0 aliphatic rings. The normalized spacial score (nSPS) is 12.0. The van der Waals surface area contributed by atoms with Gasteiger partial charge >= 0.3 is 0 Å². The molecule has 2 amide bonds. The number of para-hydroxylation sites is 1. The predicted molar refractivity (Wildman–Crippen MR) is 162 cm³/mol. The molecular formula is C32H41N3O5S. The van der Waals surface area contributed by atoms with Crippen LogP contribution in [0.5, 0.6) is 5.75 Å². The van der Waals surface area contributed by atoms with Crippen molar-refractivity contribution in [2.24, 2.45) is 5.92 Å². The van der Waals surface area contributed by atoms with Crippen LogP contribution in [0.3, 0.4) is 0 Å². The largest absolute Gasteiger partial charge is 0.494 e. The zero-order valence-corrected chi connectivity index (χ0v) is 25.4. The SMILES string of the molecule is CCOc1ccc(S(=O)(=O)N(CC(=O)N(Cc2cccc(C)c2)[C@@H](CC)C(=O)NCC(C)C)c2ccccc2)cc1. The third-order valence-corrected chi connectivity index (χ3v) is 8.34. The number of benzene rings is 3. The van der Waals surface area contributed by atoms with E-state index in [0.717, 1.165) is 15.4 Å². The zero-order valence-electron chi connectivity index (χ0n) is 24.5. The van der Waals surface area contributed by atoms with Crippen molar-refractivity contribution in [1.82, 2.24) is 10.2 Å². The van der Waals surface area contributed by atoms with E-state index in [0.29, 0.717) is 31.0 Å². The minimum Gasteiger partial charge on any atom is -0.494 e. The Morgan fingerprint density at radius 1 is 0.927 bits per heavy atom. The third kappa shape index (κ3) is 8.57. The minimum absolute atomic E-state index is 0.0320. The Labute approximate surface area is 244 Å². The fourth-order valence-electron chi connectivity index (χ4n) is 4.47. The van der Waals surface area contributed by atoms with Gasteiger partial charge in [0.25, 0.3) is 10.0 Å². The molecule has 3 aromatic carbocycles. The van der Waals surface area contributed by atoms with Gasteiger partial charge in [-0.2, -0.15) is 0 Å². The number of amides is 2. The van der Waals surface area contributed by atoms with Gasteiger partial charge in [0.2, 0.25) is 11.8 Å². The Hall–Kier alpha value is -3.85. The summed E-state index contributed by atoms with van der Waals surface area (Å²) in [5.41, 5.74) is 2.23. The van der Waals surface area contributed by atoms with Crippen molar-refractivity contribution in [1.29, 1.82) is 0 Å². The lowest BCUT2D eigenvalue weighted by Crippen LogP contribution is -2.52. The van der Waals surface area contributed by atoms with Crippen LogP contribution in [0.2, 0.25) is 0 Å². The van der Waals surface area contributed by atoms with E-state index >= 15 is 0 Å². The number of sulfonamides is 1. The molecule has 0 bridgehead atoms. The van der Waals surface area contributed by atoms with Crippen molar-refractivity contribution < 1.29 is 22.7 Å². The van der Waals surface area contributed by atoms with Crippen LogP contribution in [-0.2, 0) is 26.2 Å². The maximum atomic E-state index is 14.1. The molecule has 9 heteroatoms. The van der Waals surface area contributed by atoms with E-state index < -0.39 is 28.5 Å². The molecule has 41 heavy (non-hydrogen) atoms. The van der Waals surface area contributed by atoms with Crippen LogP contribution in [0, 0.1) is 12.8 Å². The summed E-state index contributed by atoms with van der Waals surface area (Å²) in [6.45, 7) is 10.3. The van der Waals surface area contributed by atoms with Crippen molar-refractivity contribution in [3.05, 3.63) is 90.0 Å². The topological polar surface area (TPSA) is 96.0 Å². The van der Waals surface area contributed by atoms with Crippen molar-refractivity contribution in [3.63, 3.8) is 0 Å². The molecule has 0 fully saturated rings. The van der Waals surface area contributed by atoms with E-state index in [4.69, 9.17) is 4.74 Å². The summed E-state index contributed by atoms with van der Waals surface area (Å²) in [7, 11) is -4.14. The van der Waals surface area contributed by atoms with Gasteiger partial charge in [-0.1, -0.05) is 68.8 Å². The standard InChI is InChI=1S/C32H41N3O5S/c1-6-30(32(37)33-21-24(3)4)34(22-26-13-11-12-25(5)20-26)31(36)23-35(27-14-9-8-10-15-27)41(38,39)29-18-16-28(17-19-29)40-7-2/h8-20,24,30H,6-7,21-23H2,1-5H3,(H,33,37)/t30-/m0/s1. The molecule has 0 aliphatic carbocycles. The molecule has 220 valence electrons. The number of nitrogens with zero attached hydrogens (tertiary/aromatic N) is 2. The highest BCUT2D eigenvalue weighted by Gasteiger charge is 2.33. The third-order valence-electron chi connectivity index (χ3n) is 6.55. The molecule has 0 aromatic heterocycles. The molecule has 0 unspecified atom stereocenters. The first-order chi connectivity index (χ1) is 19.6. The summed E-state index contributed by atoms with van der Waals surface area (Å²) in [5, 5.41) is 2.95. The van der Waals surface area contributed by atoms with Crippen LogP contribution in [0.4, 0.5) is 5.69 Å². The van der Waals surface area contributed by atoms with Gasteiger partial charge in [0, 0.05) is 13.1 Å². The fourth-order valence-corrected chi connectivity index (χ4v) is 5.89. The van der Waals surface area contributed by atoms with E-state index in [1.165, 1.54) is 17.0 Å². The van der Waals surface area contributed by atoms with Gasteiger partial charge in [0.1, 0.15) is 18.3 Å². The number of hydrogen-bond acceptors (Lipinski definition) is 5. The quantitative estimate of drug-likeness (QED) is 0.284. The first kappa shape index (κ1) is 31.7. The lowest BCUT2D eigenvalue weighted by Gasteiger charge is -2.33. The van der Waals surface area contributed by atoms with Crippen molar-refractivity contribution in [3.8, 4) is 5.75 Å². The fraction of sp³-hybridized carbons (Fsp3) is 0.375. The molecule has 0 aliphatic heterocycles. The van der Waals surface area contributed by atoms with Gasteiger partial charge in [0.05, 0.1) is 17.2 Å². The summed E-state index contributed by atoms with van der Waals surface area (Å²) in [6, 6.07) is 21.6. The first-order valence-electron chi connectivity index (χ1n) is 14.0. The highest BCUT2D eigenvalue weighted by Crippen LogP contribution is 2.26. The second-order valence-electron chi connectivity index (χ2n) is 10.3. The smallest absolute Gasteiger partial charge is 0.264 e. The van der Waals surface area contributed by atoms with Gasteiger partial charge in [-0.25, -0.2) is 8.42 Å². The average molecular weight is 580 g/mol. The highest BCUT2D eigenvalue weighted by atomic mass is 32.2. The Bertz CT molecular complexity index is 1390. The van der Waals surface area contributed by atoms with Gasteiger partial charge in [-0.15, -0.1) is 0 Å². The Kier molecular flexibility index (Phi) is 11.3. The van der Waals surface area contributed by atoms with Crippen LogP contribution in [0.25, 0.3) is 0 Å². The molecule has 1 atom stereocenters. The van der Waals surface area contributed by atoms with Crippen molar-refractivity contribution >= 4 is 27.5 Å². The summed E-state index contributed by atoms with van der Waals surface area (Å²) in [4.78, 5) is 28.9. The van der Waals surface area contributed by atoms with Crippen LogP contribution >= 0.6 is 0 Å². The number of hydrogen-bond donors (Lipinski definition) is 1. The Morgan fingerprint density at radius 2 is 1.61 bits per heavy atom. The molecule has 3 rings (SSSR count). The van der Waals surface area contributed by atoms with Crippen LogP contribution in [0.15, 0.2) is 83.8 Å². The maximum Gasteiger partial charge on any atom is 0.264 e. The van der Waals surface area contributed by atoms with E-state index in [1.54, 1.807) is 42.5 Å². The molecular weight excluding hydrogens is 538 g/mol. The minimum atomic E-state index is -4.14. The summed E-state index contributed by atoms with van der Waals surface area (Å²) < 4.78 is 34.5. The predicted octanol–water partition coefficient (Wildman–Crippen LogP) is 5.17. The van der Waals surface area contributed by atoms with Gasteiger partial charge in [0.15, 0.2) is 0 Å². The molecule has 0 saturated carbocycles. The second-order valence-corrected chi connectivity index (χ2v) is 12.2. The molecule has 0 radical (unpaired) electrons. The molecule has 1 N–H and O–H groups in total. The van der Waals surface area contributed by atoms with E-state index in [2.05, 4.69) is 5.32 Å². The number of rotatable bonds is 14. The van der Waals surface area contributed by atoms with Crippen molar-refractivity contribution in [2.45, 2.75) is 58.5 Å².